The predicted octanol–water partition coefficient (Wildman–Crippen LogP) is 2.61. The zero-order valence-corrected chi connectivity index (χ0v) is 10.0. The Morgan fingerprint density at radius 1 is 1.60 bits per heavy atom. The monoisotopic (exact) mass is 291 g/mol. The number of esters is 1. The van der Waals surface area contributed by atoms with Crippen LogP contribution in [0.15, 0.2) is 27.8 Å². The van der Waals surface area contributed by atoms with Gasteiger partial charge in [0.05, 0.1) is 12.7 Å². The summed E-state index contributed by atoms with van der Waals surface area (Å²) in [6, 6.07) is 4.86. The topological polar surface area (TPSA) is 58.9 Å². The number of rotatable bonds is 2. The highest BCUT2D eigenvalue weighted by Crippen LogP contribution is 2.23. The van der Waals surface area contributed by atoms with Gasteiger partial charge in [-0.25, -0.2) is 4.79 Å². The summed E-state index contributed by atoms with van der Waals surface area (Å²) in [5.41, 5.74) is 0.531. The van der Waals surface area contributed by atoms with Gasteiger partial charge in [-0.15, -0.1) is 0 Å². The Bertz CT molecular complexity index is 420. The first-order valence-corrected chi connectivity index (χ1v) is 5.03. The number of benzene rings is 1. The van der Waals surface area contributed by atoms with Crippen LogP contribution in [0.5, 0.6) is 0 Å². The smallest absolute Gasteiger partial charge is 0.338 e. The lowest BCUT2D eigenvalue weighted by Crippen LogP contribution is -2.08. The maximum atomic E-state index is 11.4. The number of carbonyl (C=O) groups is 1. The highest BCUT2D eigenvalue weighted by atomic mass is 79.9. The van der Waals surface area contributed by atoms with Gasteiger partial charge in [-0.2, -0.15) is 0 Å². The fourth-order valence-corrected chi connectivity index (χ4v) is 1.94. The van der Waals surface area contributed by atoms with Crippen molar-refractivity contribution in [3.63, 3.8) is 0 Å². The van der Waals surface area contributed by atoms with Crippen molar-refractivity contribution in [3.8, 4) is 0 Å². The maximum Gasteiger partial charge on any atom is 0.338 e. The molecule has 4 nitrogen and oxygen atoms in total. The number of hydrogen-bond acceptors (Lipinski definition) is 4. The zero-order chi connectivity index (χ0) is 11.4. The third kappa shape index (κ3) is 2.49. The number of ether oxygens (including phenoxy) is 1. The Balaban J connectivity index is 3.39. The lowest BCUT2D eigenvalue weighted by molar-refractivity contribution is 0.0600. The second-order valence-corrected chi connectivity index (χ2v) is 3.76. The fraction of sp³-hybridized carbons (Fsp3) is 0.111. The molecule has 0 aromatic heterocycles. The van der Waals surface area contributed by atoms with Gasteiger partial charge >= 0.3 is 5.97 Å². The molecule has 1 aromatic carbocycles. The van der Waals surface area contributed by atoms with Crippen molar-refractivity contribution >= 4 is 38.7 Å². The Labute approximate surface area is 99.6 Å². The minimum atomic E-state index is -0.548. The van der Waals surface area contributed by atoms with E-state index in [0.29, 0.717) is 10.0 Å². The molecule has 0 aliphatic carbocycles. The summed E-state index contributed by atoms with van der Waals surface area (Å²) in [6.07, 6.45) is 0. The van der Waals surface area contributed by atoms with Crippen LogP contribution < -0.4 is 0 Å². The van der Waals surface area contributed by atoms with Gasteiger partial charge in [0, 0.05) is 10.0 Å². The molecule has 1 N–H and O–H groups in total. The summed E-state index contributed by atoms with van der Waals surface area (Å²) in [7, 11) is 1.26. The molecule has 80 valence electrons. The van der Waals surface area contributed by atoms with E-state index >= 15 is 0 Å². The van der Waals surface area contributed by atoms with Crippen LogP contribution in [-0.4, -0.2) is 23.5 Å². The van der Waals surface area contributed by atoms with Crippen molar-refractivity contribution in [2.75, 3.05) is 7.11 Å². The fourth-order valence-electron chi connectivity index (χ4n) is 1.06. The molecule has 1 rings (SSSR count). The van der Waals surface area contributed by atoms with E-state index < -0.39 is 5.97 Å². The van der Waals surface area contributed by atoms with Crippen molar-refractivity contribution in [2.24, 2.45) is 5.16 Å². The average molecular weight is 293 g/mol. The van der Waals surface area contributed by atoms with Crippen molar-refractivity contribution < 1.29 is 14.7 Å². The van der Waals surface area contributed by atoms with Crippen LogP contribution in [-0.2, 0) is 4.74 Å². The first-order valence-electron chi connectivity index (χ1n) is 3.86. The van der Waals surface area contributed by atoms with Crippen LogP contribution in [0, 0.1) is 0 Å². The van der Waals surface area contributed by atoms with Gasteiger partial charge in [0.1, 0.15) is 0 Å². The van der Waals surface area contributed by atoms with Gasteiger partial charge in [0.25, 0.3) is 0 Å². The maximum absolute atomic E-state index is 11.4. The first-order chi connectivity index (χ1) is 7.11. The van der Waals surface area contributed by atoms with E-state index in [9.17, 15) is 4.79 Å². The van der Waals surface area contributed by atoms with Gasteiger partial charge in [-0.05, 0) is 12.1 Å². The molecule has 0 fully saturated rings. The normalized spacial score (nSPS) is 11.3. The Kier molecular flexibility index (Phi) is 4.11. The second kappa shape index (κ2) is 5.14. The number of hydrogen-bond donors (Lipinski definition) is 1. The van der Waals surface area contributed by atoms with E-state index in [1.807, 2.05) is 0 Å². The molecule has 0 saturated heterocycles. The molecule has 0 spiro atoms. The largest absolute Gasteiger partial charge is 0.465 e. The molecule has 15 heavy (non-hydrogen) atoms. The number of halogens is 2. The van der Waals surface area contributed by atoms with Crippen molar-refractivity contribution in [3.05, 3.63) is 33.8 Å². The molecule has 0 bridgehead atoms. The number of carbonyl (C=O) groups excluding carboxylic acids is 1. The molecule has 1 aromatic rings. The lowest BCUT2D eigenvalue weighted by Gasteiger charge is -2.06. The summed E-state index contributed by atoms with van der Waals surface area (Å²) < 4.78 is 5.12. The summed E-state index contributed by atoms with van der Waals surface area (Å²) in [4.78, 5) is 11.4. The third-order valence-corrected chi connectivity index (χ3v) is 2.64. The average Bonchev–Trinajstić information content (AvgIpc) is 2.26. The van der Waals surface area contributed by atoms with Gasteiger partial charge in [-0.1, -0.05) is 38.8 Å². The van der Waals surface area contributed by atoms with Gasteiger partial charge in [0.2, 0.25) is 0 Å². The van der Waals surface area contributed by atoms with E-state index in [-0.39, 0.29) is 10.7 Å². The summed E-state index contributed by atoms with van der Waals surface area (Å²) >= 11 is 8.87. The van der Waals surface area contributed by atoms with E-state index in [1.165, 1.54) is 13.2 Å². The van der Waals surface area contributed by atoms with Crippen LogP contribution in [0.25, 0.3) is 0 Å². The SMILES string of the molecule is COC(=O)c1cccc(Br)c1/C(Cl)=N/O. The Morgan fingerprint density at radius 3 is 2.80 bits per heavy atom. The summed E-state index contributed by atoms with van der Waals surface area (Å²) in [6.45, 7) is 0. The van der Waals surface area contributed by atoms with E-state index in [1.54, 1.807) is 12.1 Å². The van der Waals surface area contributed by atoms with Crippen LogP contribution >= 0.6 is 27.5 Å². The lowest BCUT2D eigenvalue weighted by atomic mass is 10.1. The second-order valence-electron chi connectivity index (χ2n) is 2.54. The minimum Gasteiger partial charge on any atom is -0.465 e. The Hall–Kier alpha value is -1.07. The van der Waals surface area contributed by atoms with Crippen LogP contribution in [0.4, 0.5) is 0 Å². The van der Waals surface area contributed by atoms with Crippen LogP contribution in [0.1, 0.15) is 15.9 Å². The van der Waals surface area contributed by atoms with Gasteiger partial charge in [0.15, 0.2) is 5.17 Å². The van der Waals surface area contributed by atoms with Crippen LogP contribution in [0.3, 0.4) is 0 Å². The highest BCUT2D eigenvalue weighted by molar-refractivity contribution is 9.10. The zero-order valence-electron chi connectivity index (χ0n) is 7.70. The van der Waals surface area contributed by atoms with E-state index in [2.05, 4.69) is 25.8 Å². The predicted molar refractivity (Wildman–Crippen MR) is 59.7 cm³/mol. The molecule has 0 unspecified atom stereocenters. The summed E-state index contributed by atoms with van der Waals surface area (Å²) in [5.74, 6) is -0.548. The van der Waals surface area contributed by atoms with E-state index in [4.69, 9.17) is 16.8 Å². The standard InChI is InChI=1S/C9H7BrClNO3/c1-15-9(13)5-3-2-4-6(10)7(5)8(11)12-14/h2-4,14H,1H3/b12-8-. The molecule has 0 aliphatic rings. The van der Waals surface area contributed by atoms with Gasteiger partial charge in [-0.3, -0.25) is 0 Å². The molecule has 0 aliphatic heterocycles. The molecule has 0 radical (unpaired) electrons. The molecule has 0 heterocycles. The van der Waals surface area contributed by atoms with Crippen molar-refractivity contribution in [1.82, 2.24) is 0 Å². The third-order valence-electron chi connectivity index (χ3n) is 1.71. The van der Waals surface area contributed by atoms with Crippen molar-refractivity contribution in [1.29, 1.82) is 0 Å². The molecule has 0 saturated carbocycles. The van der Waals surface area contributed by atoms with Crippen molar-refractivity contribution in [2.45, 2.75) is 0 Å². The quantitative estimate of drug-likeness (QED) is 0.394. The molecular weight excluding hydrogens is 285 g/mol. The minimum absolute atomic E-state index is 0.178. The molecule has 0 amide bonds. The van der Waals surface area contributed by atoms with Gasteiger partial charge < -0.3 is 9.94 Å². The Morgan fingerprint density at radius 2 is 2.27 bits per heavy atom. The molecular formula is C9H7BrClNO3. The number of methoxy groups -OCH3 is 1. The molecule has 0 atom stereocenters. The van der Waals surface area contributed by atoms with Crippen LogP contribution in [0.2, 0.25) is 0 Å². The first kappa shape index (κ1) is 12.0. The number of oxime groups is 1. The highest BCUT2D eigenvalue weighted by Gasteiger charge is 2.17. The van der Waals surface area contributed by atoms with E-state index in [0.717, 1.165) is 0 Å². The number of nitrogens with zero attached hydrogens (tertiary/aromatic N) is 1. The molecule has 6 heteroatoms. The summed E-state index contributed by atoms with van der Waals surface area (Å²) in [5, 5.41) is 11.2.